The predicted octanol–water partition coefficient (Wildman–Crippen LogP) is 5.07. The smallest absolute Gasteiger partial charge is 0.385 e. The van der Waals surface area contributed by atoms with E-state index in [0.29, 0.717) is 12.2 Å². The zero-order chi connectivity index (χ0) is 22.4. The third-order valence-electron chi connectivity index (χ3n) is 4.63. The van der Waals surface area contributed by atoms with Gasteiger partial charge in [0.15, 0.2) is 0 Å². The summed E-state index contributed by atoms with van der Waals surface area (Å²) in [6.07, 6.45) is -1.94. The highest BCUT2D eigenvalue weighted by molar-refractivity contribution is 6.08. The van der Waals surface area contributed by atoms with Gasteiger partial charge in [0.2, 0.25) is 0 Å². The second kappa shape index (κ2) is 9.51. The number of nitrogens with one attached hydrogen (secondary N) is 2. The number of anilines is 3. The molecule has 1 heterocycles. The Balaban J connectivity index is 1.64. The van der Waals surface area contributed by atoms with Crippen molar-refractivity contribution in [2.75, 3.05) is 36.2 Å². The number of aromatic nitrogens is 1. The Morgan fingerprint density at radius 2 is 1.71 bits per heavy atom. The molecule has 0 atom stereocenters. The Hall–Kier alpha value is -3.55. The average Bonchev–Trinajstić information content (AvgIpc) is 2.74. The van der Waals surface area contributed by atoms with Gasteiger partial charge in [-0.3, -0.25) is 9.78 Å². The predicted molar refractivity (Wildman–Crippen MR) is 117 cm³/mol. The molecule has 0 aliphatic rings. The lowest BCUT2D eigenvalue weighted by atomic mass is 10.1. The molecule has 0 aliphatic carbocycles. The fourth-order valence-corrected chi connectivity index (χ4v) is 3.02. The number of pyridine rings is 1. The first kappa shape index (κ1) is 22.1. The SMILES string of the molecule is CN(C)c1cc(C(F)(F)F)ccc1C(=O)Nc1ccc(NCCc2ccccn2)cc1. The Labute approximate surface area is 178 Å². The summed E-state index contributed by atoms with van der Waals surface area (Å²) >= 11 is 0. The van der Waals surface area contributed by atoms with Crippen LogP contribution in [0.4, 0.5) is 30.2 Å². The lowest BCUT2D eigenvalue weighted by Gasteiger charge is -2.19. The van der Waals surface area contributed by atoms with Gasteiger partial charge < -0.3 is 15.5 Å². The molecule has 3 aromatic rings. The molecular weight excluding hydrogens is 405 g/mol. The fourth-order valence-electron chi connectivity index (χ4n) is 3.02. The molecule has 0 bridgehead atoms. The Morgan fingerprint density at radius 1 is 1.00 bits per heavy atom. The third-order valence-corrected chi connectivity index (χ3v) is 4.63. The van der Waals surface area contributed by atoms with Crippen molar-refractivity contribution in [1.29, 1.82) is 0 Å². The van der Waals surface area contributed by atoms with Gasteiger partial charge in [-0.05, 0) is 54.6 Å². The maximum Gasteiger partial charge on any atom is 0.416 e. The monoisotopic (exact) mass is 428 g/mol. The molecule has 5 nitrogen and oxygen atoms in total. The van der Waals surface area contributed by atoms with Gasteiger partial charge in [0.1, 0.15) is 0 Å². The number of carbonyl (C=O) groups is 1. The second-order valence-electron chi connectivity index (χ2n) is 7.15. The van der Waals surface area contributed by atoms with Crippen molar-refractivity contribution in [1.82, 2.24) is 4.98 Å². The highest BCUT2D eigenvalue weighted by Crippen LogP contribution is 2.33. The summed E-state index contributed by atoms with van der Waals surface area (Å²) < 4.78 is 39.0. The van der Waals surface area contributed by atoms with Gasteiger partial charge >= 0.3 is 6.18 Å². The van der Waals surface area contributed by atoms with Gasteiger partial charge in [-0.25, -0.2) is 0 Å². The molecule has 2 aromatic carbocycles. The van der Waals surface area contributed by atoms with E-state index in [-0.39, 0.29) is 11.3 Å². The number of carbonyl (C=O) groups excluding carboxylic acids is 1. The highest BCUT2D eigenvalue weighted by Gasteiger charge is 2.31. The van der Waals surface area contributed by atoms with Crippen LogP contribution in [-0.2, 0) is 12.6 Å². The lowest BCUT2D eigenvalue weighted by molar-refractivity contribution is -0.137. The largest absolute Gasteiger partial charge is 0.416 e. The van der Waals surface area contributed by atoms with Crippen molar-refractivity contribution >= 4 is 23.0 Å². The maximum absolute atomic E-state index is 13.0. The summed E-state index contributed by atoms with van der Waals surface area (Å²) in [6.45, 7) is 0.709. The minimum atomic E-state index is -4.47. The van der Waals surface area contributed by atoms with Crippen LogP contribution in [0.2, 0.25) is 0 Å². The molecule has 0 fully saturated rings. The number of alkyl halides is 3. The Morgan fingerprint density at radius 3 is 2.32 bits per heavy atom. The quantitative estimate of drug-likeness (QED) is 0.552. The van der Waals surface area contributed by atoms with E-state index in [9.17, 15) is 18.0 Å². The number of benzene rings is 2. The van der Waals surface area contributed by atoms with Gasteiger partial charge in [0.05, 0.1) is 11.1 Å². The van der Waals surface area contributed by atoms with Gasteiger partial charge in [0, 0.05) is 56.0 Å². The van der Waals surface area contributed by atoms with Crippen LogP contribution < -0.4 is 15.5 Å². The summed E-state index contributed by atoms with van der Waals surface area (Å²) in [5.74, 6) is -0.478. The summed E-state index contributed by atoms with van der Waals surface area (Å²) in [5.41, 5.74) is 1.99. The molecule has 162 valence electrons. The van der Waals surface area contributed by atoms with E-state index in [1.54, 1.807) is 32.4 Å². The van der Waals surface area contributed by atoms with Crippen molar-refractivity contribution < 1.29 is 18.0 Å². The van der Waals surface area contributed by atoms with E-state index in [0.717, 1.165) is 29.9 Å². The highest BCUT2D eigenvalue weighted by atomic mass is 19.4. The third kappa shape index (κ3) is 5.97. The van der Waals surface area contributed by atoms with E-state index >= 15 is 0 Å². The van der Waals surface area contributed by atoms with Crippen LogP contribution in [-0.4, -0.2) is 31.5 Å². The number of rotatable bonds is 7. The second-order valence-corrected chi connectivity index (χ2v) is 7.15. The van der Waals surface area contributed by atoms with Crippen LogP contribution in [0.5, 0.6) is 0 Å². The van der Waals surface area contributed by atoms with Gasteiger partial charge in [0.25, 0.3) is 5.91 Å². The first-order valence-electron chi connectivity index (χ1n) is 9.68. The number of halogens is 3. The summed E-state index contributed by atoms with van der Waals surface area (Å²) in [5, 5.41) is 6.02. The standard InChI is InChI=1S/C23H23F3N4O/c1-30(2)21-15-16(23(24,25)26)6-11-20(21)22(31)29-19-9-7-18(8-10-19)28-14-12-17-5-3-4-13-27-17/h3-11,13,15,28H,12,14H2,1-2H3,(H,29,31). The summed E-state index contributed by atoms with van der Waals surface area (Å²) in [7, 11) is 3.19. The molecule has 0 saturated heterocycles. The molecule has 2 N–H and O–H groups in total. The molecule has 8 heteroatoms. The minimum Gasteiger partial charge on any atom is -0.385 e. The van der Waals surface area contributed by atoms with Crippen LogP contribution in [0.15, 0.2) is 66.9 Å². The van der Waals surface area contributed by atoms with Crippen molar-refractivity contribution in [3.63, 3.8) is 0 Å². The molecule has 1 aromatic heterocycles. The Bertz CT molecular complexity index is 1020. The first-order chi connectivity index (χ1) is 14.7. The topological polar surface area (TPSA) is 57.3 Å². The number of hydrogen-bond donors (Lipinski definition) is 2. The normalized spacial score (nSPS) is 11.1. The van der Waals surface area contributed by atoms with Crippen LogP contribution >= 0.6 is 0 Å². The van der Waals surface area contributed by atoms with Gasteiger partial charge in [-0.2, -0.15) is 13.2 Å². The van der Waals surface area contributed by atoms with Crippen molar-refractivity contribution in [2.24, 2.45) is 0 Å². The first-order valence-corrected chi connectivity index (χ1v) is 9.68. The van der Waals surface area contributed by atoms with Gasteiger partial charge in [-0.15, -0.1) is 0 Å². The van der Waals surface area contributed by atoms with E-state index in [1.807, 2.05) is 30.3 Å². The molecular formula is C23H23F3N4O. The summed E-state index contributed by atoms with van der Waals surface area (Å²) in [6, 6.07) is 16.0. The molecule has 0 aliphatic heterocycles. The molecule has 0 radical (unpaired) electrons. The fraction of sp³-hybridized carbons (Fsp3) is 0.217. The zero-order valence-corrected chi connectivity index (χ0v) is 17.2. The number of amides is 1. The molecule has 0 saturated carbocycles. The van der Waals surface area contributed by atoms with E-state index in [1.165, 1.54) is 11.0 Å². The minimum absolute atomic E-state index is 0.163. The zero-order valence-electron chi connectivity index (χ0n) is 17.2. The van der Waals surface area contributed by atoms with E-state index in [4.69, 9.17) is 0 Å². The van der Waals surface area contributed by atoms with Crippen molar-refractivity contribution in [3.8, 4) is 0 Å². The maximum atomic E-state index is 13.0. The molecule has 3 rings (SSSR count). The lowest BCUT2D eigenvalue weighted by Crippen LogP contribution is -2.20. The molecule has 0 spiro atoms. The van der Waals surface area contributed by atoms with E-state index in [2.05, 4.69) is 15.6 Å². The number of hydrogen-bond acceptors (Lipinski definition) is 4. The molecule has 0 unspecified atom stereocenters. The average molecular weight is 428 g/mol. The van der Waals surface area contributed by atoms with Crippen LogP contribution in [0.3, 0.4) is 0 Å². The van der Waals surface area contributed by atoms with Crippen LogP contribution in [0.25, 0.3) is 0 Å². The summed E-state index contributed by atoms with van der Waals surface area (Å²) in [4.78, 5) is 18.4. The van der Waals surface area contributed by atoms with E-state index < -0.39 is 17.6 Å². The molecule has 31 heavy (non-hydrogen) atoms. The van der Waals surface area contributed by atoms with Gasteiger partial charge in [-0.1, -0.05) is 6.07 Å². The number of nitrogens with zero attached hydrogens (tertiary/aromatic N) is 2. The van der Waals surface area contributed by atoms with Crippen molar-refractivity contribution in [2.45, 2.75) is 12.6 Å². The van der Waals surface area contributed by atoms with Crippen LogP contribution in [0.1, 0.15) is 21.6 Å². The Kier molecular flexibility index (Phi) is 6.79. The molecule has 1 amide bonds. The van der Waals surface area contributed by atoms with Crippen LogP contribution in [0, 0.1) is 0 Å². The van der Waals surface area contributed by atoms with Crippen molar-refractivity contribution in [3.05, 3.63) is 83.7 Å².